The number of nitrogens with one attached hydrogen (secondary N) is 2. The molecule has 13 nitrogen and oxygen atoms in total. The molecule has 0 aliphatic rings. The Kier molecular flexibility index (Phi) is 7.26. The highest BCUT2D eigenvalue weighted by atomic mass is 79.9. The molecule has 162 valence electrons. The van der Waals surface area contributed by atoms with Crippen LogP contribution in [0.5, 0.6) is 5.75 Å². The Labute approximate surface area is 183 Å². The lowest BCUT2D eigenvalue weighted by Gasteiger charge is -2.07. The number of halogens is 1. The van der Waals surface area contributed by atoms with Gasteiger partial charge in [0.05, 0.1) is 17.4 Å². The summed E-state index contributed by atoms with van der Waals surface area (Å²) in [4.78, 5) is 37.7. The molecular formula is C17H16BrN7O6. The van der Waals surface area contributed by atoms with E-state index in [2.05, 4.69) is 41.8 Å². The van der Waals surface area contributed by atoms with Crippen LogP contribution >= 0.6 is 15.9 Å². The predicted octanol–water partition coefficient (Wildman–Crippen LogP) is 0.910. The van der Waals surface area contributed by atoms with Gasteiger partial charge in [0.25, 0.3) is 5.91 Å². The second-order valence-corrected chi connectivity index (χ2v) is 6.91. The molecule has 3 rings (SSSR count). The normalized spacial score (nSPS) is 10.5. The van der Waals surface area contributed by atoms with Gasteiger partial charge in [0, 0.05) is 17.6 Å². The molecule has 2 aromatic heterocycles. The van der Waals surface area contributed by atoms with Gasteiger partial charge in [0.2, 0.25) is 0 Å². The van der Waals surface area contributed by atoms with E-state index in [1.54, 1.807) is 24.3 Å². The minimum absolute atomic E-state index is 0.000948. The zero-order chi connectivity index (χ0) is 22.2. The van der Waals surface area contributed by atoms with Gasteiger partial charge in [-0.25, -0.2) is 0 Å². The molecule has 0 atom stereocenters. The maximum Gasteiger partial charge on any atom is 0.389 e. The number of aromatic nitrogens is 4. The number of ether oxygens (including phenoxy) is 1. The van der Waals surface area contributed by atoms with Gasteiger partial charge in [-0.3, -0.25) is 9.59 Å². The maximum atomic E-state index is 12.0. The number of amides is 2. The van der Waals surface area contributed by atoms with E-state index < -0.39 is 10.8 Å². The van der Waals surface area contributed by atoms with Crippen molar-refractivity contribution in [3.8, 4) is 5.75 Å². The molecule has 0 bridgehead atoms. The lowest BCUT2D eigenvalue weighted by Crippen LogP contribution is -2.36. The van der Waals surface area contributed by atoms with Crippen molar-refractivity contribution in [3.63, 3.8) is 0 Å². The van der Waals surface area contributed by atoms with Crippen molar-refractivity contribution in [2.24, 2.45) is 0 Å². The molecule has 2 heterocycles. The number of nitrogens with zero attached hydrogens (tertiary/aromatic N) is 5. The summed E-state index contributed by atoms with van der Waals surface area (Å²) in [5, 5.41) is 23.1. The molecule has 14 heteroatoms. The molecule has 0 aliphatic carbocycles. The van der Waals surface area contributed by atoms with Gasteiger partial charge >= 0.3 is 17.6 Å². The topological polar surface area (TPSA) is 167 Å². The van der Waals surface area contributed by atoms with E-state index in [1.807, 2.05) is 0 Å². The Hall–Kier alpha value is -3.81. The second-order valence-electron chi connectivity index (χ2n) is 5.99. The third-order valence-corrected chi connectivity index (χ3v) is 4.22. The van der Waals surface area contributed by atoms with E-state index in [-0.39, 0.29) is 49.7 Å². The molecule has 2 N–H and O–H groups in total. The van der Waals surface area contributed by atoms with Crippen LogP contribution in [-0.4, -0.2) is 56.4 Å². The van der Waals surface area contributed by atoms with Crippen LogP contribution in [0.4, 0.5) is 5.82 Å². The number of nitro groups is 1. The van der Waals surface area contributed by atoms with E-state index in [9.17, 15) is 19.7 Å². The molecule has 0 radical (unpaired) electrons. The van der Waals surface area contributed by atoms with Crippen molar-refractivity contribution in [2.75, 3.05) is 19.7 Å². The molecule has 2 amide bonds. The SMILES string of the molecule is O=C(COc1ccc(Br)cc1)NCCNC(=O)c1nc(Cn2ccc([N+](=O)[O-])n2)no1. The smallest absolute Gasteiger partial charge is 0.389 e. The zero-order valence-corrected chi connectivity index (χ0v) is 17.4. The summed E-state index contributed by atoms with van der Waals surface area (Å²) in [6, 6.07) is 8.27. The van der Waals surface area contributed by atoms with E-state index in [1.165, 1.54) is 16.9 Å². The van der Waals surface area contributed by atoms with Gasteiger partial charge in [0.1, 0.15) is 12.3 Å². The number of rotatable bonds is 10. The fourth-order valence-electron chi connectivity index (χ4n) is 2.28. The molecule has 0 saturated carbocycles. The van der Waals surface area contributed by atoms with Gasteiger partial charge in [-0.2, -0.15) is 9.67 Å². The van der Waals surface area contributed by atoms with Crippen LogP contribution in [0.1, 0.15) is 16.5 Å². The molecule has 3 aromatic rings. The molecule has 0 fully saturated rings. The largest absolute Gasteiger partial charge is 0.484 e. The highest BCUT2D eigenvalue weighted by molar-refractivity contribution is 9.10. The Balaban J connectivity index is 1.36. The molecule has 1 aromatic carbocycles. The number of carbonyl (C=O) groups excluding carboxylic acids is 2. The van der Waals surface area contributed by atoms with Crippen LogP contribution in [-0.2, 0) is 11.3 Å². The fraction of sp³-hybridized carbons (Fsp3) is 0.235. The van der Waals surface area contributed by atoms with Gasteiger partial charge < -0.3 is 30.0 Å². The monoisotopic (exact) mass is 493 g/mol. The quantitative estimate of drug-likeness (QED) is 0.237. The van der Waals surface area contributed by atoms with Gasteiger partial charge in [0.15, 0.2) is 12.4 Å². The van der Waals surface area contributed by atoms with E-state index in [0.717, 1.165) is 4.47 Å². The second kappa shape index (κ2) is 10.3. The Morgan fingerprint density at radius 1 is 1.19 bits per heavy atom. The van der Waals surface area contributed by atoms with Crippen LogP contribution in [0.3, 0.4) is 0 Å². The standard InChI is InChI=1S/C17H16BrN7O6/c18-11-1-3-12(4-2-11)30-10-15(26)19-6-7-20-16(27)17-21-13(23-31-17)9-24-8-5-14(22-24)25(28)29/h1-5,8H,6-7,9-10H2,(H,19,26)(H,20,27). The molecule has 0 aliphatic heterocycles. The number of benzene rings is 1. The highest BCUT2D eigenvalue weighted by Gasteiger charge is 2.17. The number of hydrogen-bond acceptors (Lipinski definition) is 9. The van der Waals surface area contributed by atoms with Crippen LogP contribution in [0.2, 0.25) is 0 Å². The van der Waals surface area contributed by atoms with Crippen LogP contribution in [0.15, 0.2) is 45.5 Å². The predicted molar refractivity (Wildman–Crippen MR) is 107 cm³/mol. The first-order chi connectivity index (χ1) is 14.9. The zero-order valence-electron chi connectivity index (χ0n) is 15.9. The Bertz CT molecular complexity index is 1070. The van der Waals surface area contributed by atoms with Crippen LogP contribution < -0.4 is 15.4 Å². The van der Waals surface area contributed by atoms with Gasteiger partial charge in [-0.05, 0) is 29.2 Å². The lowest BCUT2D eigenvalue weighted by molar-refractivity contribution is -0.389. The summed E-state index contributed by atoms with van der Waals surface area (Å²) in [5.41, 5.74) is 0. The van der Waals surface area contributed by atoms with Crippen molar-refractivity contribution in [3.05, 3.63) is 62.8 Å². The molecule has 0 saturated heterocycles. The van der Waals surface area contributed by atoms with Crippen molar-refractivity contribution in [1.82, 2.24) is 30.6 Å². The van der Waals surface area contributed by atoms with Crippen molar-refractivity contribution in [2.45, 2.75) is 6.54 Å². The third-order valence-electron chi connectivity index (χ3n) is 3.70. The van der Waals surface area contributed by atoms with E-state index in [4.69, 9.17) is 9.26 Å². The van der Waals surface area contributed by atoms with Gasteiger partial charge in [-0.15, -0.1) is 0 Å². The highest BCUT2D eigenvalue weighted by Crippen LogP contribution is 2.15. The molecule has 0 spiro atoms. The average Bonchev–Trinajstić information content (AvgIpc) is 3.41. The lowest BCUT2D eigenvalue weighted by atomic mass is 10.3. The van der Waals surface area contributed by atoms with Crippen LogP contribution in [0, 0.1) is 10.1 Å². The van der Waals surface area contributed by atoms with Gasteiger partial charge in [-0.1, -0.05) is 21.1 Å². The van der Waals surface area contributed by atoms with E-state index >= 15 is 0 Å². The molecular weight excluding hydrogens is 478 g/mol. The maximum absolute atomic E-state index is 12.0. The van der Waals surface area contributed by atoms with E-state index in [0.29, 0.717) is 5.75 Å². The summed E-state index contributed by atoms with van der Waals surface area (Å²) < 4.78 is 12.4. The minimum Gasteiger partial charge on any atom is -0.484 e. The van der Waals surface area contributed by atoms with Crippen molar-refractivity contribution in [1.29, 1.82) is 0 Å². The minimum atomic E-state index is -0.628. The third kappa shape index (κ3) is 6.60. The first-order valence-corrected chi connectivity index (χ1v) is 9.63. The Morgan fingerprint density at radius 2 is 1.94 bits per heavy atom. The van der Waals surface area contributed by atoms with Crippen molar-refractivity contribution >= 4 is 33.6 Å². The molecule has 31 heavy (non-hydrogen) atoms. The summed E-state index contributed by atoms with van der Waals surface area (Å²) in [6.45, 7) is 0.144. The summed E-state index contributed by atoms with van der Waals surface area (Å²) >= 11 is 3.31. The molecule has 0 unspecified atom stereocenters. The first-order valence-electron chi connectivity index (χ1n) is 8.84. The number of hydrogen-bond donors (Lipinski definition) is 2. The average molecular weight is 494 g/mol. The Morgan fingerprint density at radius 3 is 2.65 bits per heavy atom. The summed E-state index contributed by atoms with van der Waals surface area (Å²) in [6.07, 6.45) is 1.39. The summed E-state index contributed by atoms with van der Waals surface area (Å²) in [7, 11) is 0. The van der Waals surface area contributed by atoms with Crippen molar-refractivity contribution < 1.29 is 23.8 Å². The van der Waals surface area contributed by atoms with Crippen LogP contribution in [0.25, 0.3) is 0 Å². The first kappa shape index (κ1) is 21.9. The summed E-state index contributed by atoms with van der Waals surface area (Å²) in [5.74, 6) is -0.867. The number of carbonyl (C=O) groups is 2. The fourth-order valence-corrected chi connectivity index (χ4v) is 2.54.